The number of aliphatic hydroxyl groups excluding tert-OH is 1. The fourth-order valence-electron chi connectivity index (χ4n) is 2.64. The fraction of sp³-hybridized carbons (Fsp3) is 0.625. The van der Waals surface area contributed by atoms with Crippen molar-refractivity contribution in [2.45, 2.75) is 56.7 Å². The largest absolute Gasteiger partial charge is 0.390 e. The molecular formula is C16H28Cl2N2O. The zero-order valence-corrected chi connectivity index (χ0v) is 14.3. The van der Waals surface area contributed by atoms with E-state index in [2.05, 4.69) is 24.4 Å². The summed E-state index contributed by atoms with van der Waals surface area (Å²) in [5.74, 6) is 0. The topological polar surface area (TPSA) is 58.3 Å². The molecule has 0 amide bonds. The number of rotatable bonds is 8. The van der Waals surface area contributed by atoms with Gasteiger partial charge in [0.05, 0.1) is 6.10 Å². The summed E-state index contributed by atoms with van der Waals surface area (Å²) in [5, 5.41) is 13.7. The van der Waals surface area contributed by atoms with Crippen molar-refractivity contribution < 1.29 is 5.11 Å². The van der Waals surface area contributed by atoms with Crippen LogP contribution in [0.4, 0.5) is 0 Å². The number of benzene rings is 1. The van der Waals surface area contributed by atoms with Crippen LogP contribution in [-0.4, -0.2) is 29.3 Å². The fourth-order valence-corrected chi connectivity index (χ4v) is 2.64. The number of hydrogen-bond acceptors (Lipinski definition) is 3. The van der Waals surface area contributed by atoms with E-state index in [0.29, 0.717) is 12.1 Å². The molecule has 2 atom stereocenters. The van der Waals surface area contributed by atoms with E-state index in [-0.39, 0.29) is 30.9 Å². The molecule has 4 N–H and O–H groups in total. The molecule has 0 radical (unpaired) electrons. The van der Waals surface area contributed by atoms with Crippen molar-refractivity contribution in [1.29, 1.82) is 0 Å². The average molecular weight is 335 g/mol. The first-order chi connectivity index (χ1) is 9.15. The van der Waals surface area contributed by atoms with Gasteiger partial charge < -0.3 is 16.2 Å². The van der Waals surface area contributed by atoms with Crippen LogP contribution in [0.2, 0.25) is 0 Å². The summed E-state index contributed by atoms with van der Waals surface area (Å²) in [6.07, 6.45) is 5.12. The number of hydrogen-bond donors (Lipinski definition) is 3. The van der Waals surface area contributed by atoms with Gasteiger partial charge in [-0.05, 0) is 31.2 Å². The second-order valence-electron chi connectivity index (χ2n) is 5.83. The third kappa shape index (κ3) is 6.54. The van der Waals surface area contributed by atoms with Gasteiger partial charge in [0.1, 0.15) is 0 Å². The Kier molecular flexibility index (Phi) is 9.50. The van der Waals surface area contributed by atoms with E-state index >= 15 is 0 Å². The third-order valence-corrected chi connectivity index (χ3v) is 4.08. The van der Waals surface area contributed by atoms with Crippen LogP contribution in [0.5, 0.6) is 0 Å². The summed E-state index contributed by atoms with van der Waals surface area (Å²) < 4.78 is 0. The highest BCUT2D eigenvalue weighted by molar-refractivity contribution is 5.85. The molecule has 0 aromatic heterocycles. The number of nitrogens with one attached hydrogen (secondary N) is 1. The molecule has 0 unspecified atom stereocenters. The number of aliphatic hydroxyl groups is 1. The maximum absolute atomic E-state index is 10.2. The molecule has 0 bridgehead atoms. The van der Waals surface area contributed by atoms with E-state index in [1.54, 1.807) is 0 Å². The first-order valence-electron chi connectivity index (χ1n) is 7.38. The molecule has 21 heavy (non-hydrogen) atoms. The van der Waals surface area contributed by atoms with Crippen LogP contribution in [0, 0.1) is 0 Å². The molecule has 1 aliphatic rings. The molecule has 0 saturated heterocycles. The lowest BCUT2D eigenvalue weighted by Gasteiger charge is -2.23. The van der Waals surface area contributed by atoms with Gasteiger partial charge in [-0.15, -0.1) is 24.8 Å². The van der Waals surface area contributed by atoms with Gasteiger partial charge in [0.15, 0.2) is 0 Å². The monoisotopic (exact) mass is 334 g/mol. The molecule has 1 aromatic carbocycles. The molecule has 1 saturated carbocycles. The predicted octanol–water partition coefficient (Wildman–Crippen LogP) is 2.68. The Morgan fingerprint density at radius 3 is 2.38 bits per heavy atom. The van der Waals surface area contributed by atoms with Gasteiger partial charge in [-0.1, -0.05) is 43.7 Å². The van der Waals surface area contributed by atoms with Gasteiger partial charge in [-0.2, -0.15) is 0 Å². The highest BCUT2D eigenvalue weighted by atomic mass is 35.5. The zero-order chi connectivity index (χ0) is 13.7. The lowest BCUT2D eigenvalue weighted by Crippen LogP contribution is -2.46. The SMILES string of the molecule is CCCC1(NC[C@@H](O)[C@@H](N)Cc2ccccc2)CC1.Cl.Cl. The Balaban J connectivity index is 0.00000200. The van der Waals surface area contributed by atoms with E-state index in [4.69, 9.17) is 5.73 Å². The van der Waals surface area contributed by atoms with E-state index < -0.39 is 6.10 Å². The highest BCUT2D eigenvalue weighted by Crippen LogP contribution is 2.39. The van der Waals surface area contributed by atoms with Gasteiger partial charge in [0.2, 0.25) is 0 Å². The molecule has 3 nitrogen and oxygen atoms in total. The number of nitrogens with two attached hydrogens (primary N) is 1. The van der Waals surface area contributed by atoms with Crippen molar-refractivity contribution in [1.82, 2.24) is 5.32 Å². The molecule has 0 spiro atoms. The normalized spacial score (nSPS) is 18.0. The first-order valence-corrected chi connectivity index (χ1v) is 7.38. The van der Waals surface area contributed by atoms with Gasteiger partial charge in [-0.25, -0.2) is 0 Å². The van der Waals surface area contributed by atoms with Crippen LogP contribution < -0.4 is 11.1 Å². The second kappa shape index (κ2) is 9.65. The molecule has 0 aliphatic heterocycles. The van der Waals surface area contributed by atoms with Crippen LogP contribution in [0.3, 0.4) is 0 Å². The van der Waals surface area contributed by atoms with Gasteiger partial charge >= 0.3 is 0 Å². The quantitative estimate of drug-likeness (QED) is 0.685. The predicted molar refractivity (Wildman–Crippen MR) is 93.5 cm³/mol. The molecular weight excluding hydrogens is 307 g/mol. The molecule has 0 heterocycles. The highest BCUT2D eigenvalue weighted by Gasteiger charge is 2.41. The molecule has 2 rings (SSSR count). The lowest BCUT2D eigenvalue weighted by atomic mass is 10.0. The maximum atomic E-state index is 10.2. The van der Waals surface area contributed by atoms with Gasteiger partial charge in [0, 0.05) is 18.1 Å². The lowest BCUT2D eigenvalue weighted by molar-refractivity contribution is 0.135. The van der Waals surface area contributed by atoms with Gasteiger partial charge in [-0.3, -0.25) is 0 Å². The van der Waals surface area contributed by atoms with E-state index in [9.17, 15) is 5.11 Å². The molecule has 1 aliphatic carbocycles. The van der Waals surface area contributed by atoms with E-state index in [0.717, 1.165) is 6.42 Å². The molecule has 1 aromatic rings. The van der Waals surface area contributed by atoms with Crippen molar-refractivity contribution in [2.75, 3.05) is 6.54 Å². The minimum atomic E-state index is -0.477. The maximum Gasteiger partial charge on any atom is 0.0818 e. The molecule has 5 heteroatoms. The number of halogens is 2. The van der Waals surface area contributed by atoms with Crippen molar-refractivity contribution in [3.05, 3.63) is 35.9 Å². The third-order valence-electron chi connectivity index (χ3n) is 4.08. The van der Waals surface area contributed by atoms with Crippen molar-refractivity contribution in [2.24, 2.45) is 5.73 Å². The van der Waals surface area contributed by atoms with Crippen LogP contribution in [0.25, 0.3) is 0 Å². The van der Waals surface area contributed by atoms with E-state index in [1.165, 1.54) is 31.2 Å². The first kappa shape index (κ1) is 20.7. The minimum Gasteiger partial charge on any atom is -0.390 e. The summed E-state index contributed by atoms with van der Waals surface area (Å²) in [4.78, 5) is 0. The minimum absolute atomic E-state index is 0. The van der Waals surface area contributed by atoms with Crippen LogP contribution in [0.1, 0.15) is 38.2 Å². The average Bonchev–Trinajstić information content (AvgIpc) is 3.18. The summed E-state index contributed by atoms with van der Waals surface area (Å²) in [6, 6.07) is 9.92. The van der Waals surface area contributed by atoms with Crippen molar-refractivity contribution in [3.8, 4) is 0 Å². The Morgan fingerprint density at radius 1 is 1.24 bits per heavy atom. The summed E-state index contributed by atoms with van der Waals surface area (Å²) in [6.45, 7) is 2.81. The van der Waals surface area contributed by atoms with Crippen LogP contribution >= 0.6 is 24.8 Å². The van der Waals surface area contributed by atoms with Crippen molar-refractivity contribution in [3.63, 3.8) is 0 Å². The van der Waals surface area contributed by atoms with E-state index in [1.807, 2.05) is 18.2 Å². The zero-order valence-electron chi connectivity index (χ0n) is 12.6. The Bertz CT molecular complexity index is 385. The Morgan fingerprint density at radius 2 is 1.86 bits per heavy atom. The van der Waals surface area contributed by atoms with Crippen LogP contribution in [0.15, 0.2) is 30.3 Å². The molecule has 122 valence electrons. The summed E-state index contributed by atoms with van der Waals surface area (Å²) >= 11 is 0. The van der Waals surface area contributed by atoms with Gasteiger partial charge in [0.25, 0.3) is 0 Å². The Hall–Kier alpha value is -0.320. The molecule has 1 fully saturated rings. The Labute approximate surface area is 140 Å². The smallest absolute Gasteiger partial charge is 0.0818 e. The summed E-state index contributed by atoms with van der Waals surface area (Å²) in [7, 11) is 0. The van der Waals surface area contributed by atoms with Crippen LogP contribution in [-0.2, 0) is 6.42 Å². The standard InChI is InChI=1S/C16H26N2O.2ClH/c1-2-8-16(9-10-16)18-12-15(19)14(17)11-13-6-4-3-5-7-13;;/h3-7,14-15,18-19H,2,8-12,17H2,1H3;2*1H/t14-,15+;;/m0../s1. The number of β-amino-alcohol motifs (C(OH)–C–C–N with tert-alkyl or cyclic N) is 1. The van der Waals surface area contributed by atoms with Crippen molar-refractivity contribution >= 4 is 24.8 Å². The summed E-state index contributed by atoms with van der Waals surface area (Å²) in [5.41, 5.74) is 7.57. The second-order valence-corrected chi connectivity index (χ2v) is 5.83.